The number of hydrogen-bond acceptors (Lipinski definition) is 2. The summed E-state index contributed by atoms with van der Waals surface area (Å²) >= 11 is 0. The van der Waals surface area contributed by atoms with Gasteiger partial charge in [0.05, 0.1) is 5.92 Å². The normalized spacial score (nSPS) is 12.6. The van der Waals surface area contributed by atoms with Gasteiger partial charge >= 0.3 is 5.97 Å². The molecule has 4 heteroatoms. The van der Waals surface area contributed by atoms with Crippen molar-refractivity contribution in [3.63, 3.8) is 0 Å². The van der Waals surface area contributed by atoms with Crippen LogP contribution in [-0.4, -0.2) is 35.6 Å². The van der Waals surface area contributed by atoms with Gasteiger partial charge in [-0.15, -0.1) is 0 Å². The van der Waals surface area contributed by atoms with Gasteiger partial charge in [0.15, 0.2) is 0 Å². The van der Waals surface area contributed by atoms with E-state index in [1.807, 2.05) is 0 Å². The fourth-order valence-corrected chi connectivity index (χ4v) is 2.01. The Morgan fingerprint density at radius 1 is 1.32 bits per heavy atom. The Bertz CT molecular complexity index is 392. The zero-order valence-corrected chi connectivity index (χ0v) is 11.6. The van der Waals surface area contributed by atoms with Gasteiger partial charge in [0, 0.05) is 13.1 Å². The highest BCUT2D eigenvalue weighted by Crippen LogP contribution is 2.07. The number of halogens is 1. The molecule has 0 bridgehead atoms. The number of carboxylic acids is 1. The molecule has 0 amide bonds. The summed E-state index contributed by atoms with van der Waals surface area (Å²) < 4.78 is 12.8. The lowest BCUT2D eigenvalue weighted by molar-refractivity contribution is -0.141. The van der Waals surface area contributed by atoms with Crippen molar-refractivity contribution in [1.29, 1.82) is 0 Å². The lowest BCUT2D eigenvalue weighted by Crippen LogP contribution is -2.34. The number of rotatable bonds is 8. The lowest BCUT2D eigenvalue weighted by atomic mass is 10.1. The number of carboxylic acid groups (broad SMARTS) is 1. The number of nitrogens with zero attached hydrogens (tertiary/aromatic N) is 1. The maximum atomic E-state index is 12.8. The minimum absolute atomic E-state index is 0.228. The summed E-state index contributed by atoms with van der Waals surface area (Å²) in [7, 11) is 0. The van der Waals surface area contributed by atoms with Crippen LogP contribution in [0.15, 0.2) is 24.3 Å². The highest BCUT2D eigenvalue weighted by Gasteiger charge is 2.15. The molecule has 0 saturated carbocycles. The molecule has 0 heterocycles. The van der Waals surface area contributed by atoms with Crippen LogP contribution in [0.25, 0.3) is 0 Å². The van der Waals surface area contributed by atoms with Crippen LogP contribution in [0.2, 0.25) is 0 Å². The minimum atomic E-state index is -0.761. The van der Waals surface area contributed by atoms with E-state index in [9.17, 15) is 9.18 Å². The number of aliphatic carboxylic acids is 1. The Morgan fingerprint density at radius 3 is 2.47 bits per heavy atom. The van der Waals surface area contributed by atoms with Crippen molar-refractivity contribution >= 4 is 5.97 Å². The molecule has 0 aliphatic rings. The zero-order valence-electron chi connectivity index (χ0n) is 11.6. The molecule has 3 nitrogen and oxygen atoms in total. The van der Waals surface area contributed by atoms with Crippen LogP contribution in [0, 0.1) is 11.7 Å². The molecule has 0 fully saturated rings. The molecule has 0 spiro atoms. The summed E-state index contributed by atoms with van der Waals surface area (Å²) in [5, 5.41) is 8.95. The van der Waals surface area contributed by atoms with Crippen LogP contribution in [0.5, 0.6) is 0 Å². The fraction of sp³-hybridized carbons (Fsp3) is 0.533. The van der Waals surface area contributed by atoms with E-state index >= 15 is 0 Å². The maximum absolute atomic E-state index is 12.8. The standard InChI is InChI=1S/C15H22FNO2/c1-3-9-17(11-12(2)15(18)19)10-8-13-4-6-14(16)7-5-13/h4-7,12H,3,8-11H2,1-2H3,(H,18,19). The lowest BCUT2D eigenvalue weighted by Gasteiger charge is -2.23. The van der Waals surface area contributed by atoms with E-state index in [0.717, 1.165) is 31.5 Å². The second-order valence-electron chi connectivity index (χ2n) is 4.92. The third kappa shape index (κ3) is 5.83. The average molecular weight is 267 g/mol. The van der Waals surface area contributed by atoms with E-state index in [0.29, 0.717) is 6.54 Å². The Kier molecular flexibility index (Phi) is 6.50. The Hall–Kier alpha value is -1.42. The first-order chi connectivity index (χ1) is 9.02. The summed E-state index contributed by atoms with van der Waals surface area (Å²) in [6.07, 6.45) is 1.81. The summed E-state index contributed by atoms with van der Waals surface area (Å²) in [4.78, 5) is 13.0. The third-order valence-electron chi connectivity index (χ3n) is 3.12. The quantitative estimate of drug-likeness (QED) is 0.787. The van der Waals surface area contributed by atoms with Gasteiger partial charge in [-0.25, -0.2) is 4.39 Å². The van der Waals surface area contributed by atoms with Crippen LogP contribution in [0.3, 0.4) is 0 Å². The van der Waals surface area contributed by atoms with Gasteiger partial charge in [-0.3, -0.25) is 4.79 Å². The van der Waals surface area contributed by atoms with Gasteiger partial charge in [-0.2, -0.15) is 0 Å². The molecule has 1 aromatic carbocycles. The van der Waals surface area contributed by atoms with Crippen LogP contribution in [-0.2, 0) is 11.2 Å². The molecule has 19 heavy (non-hydrogen) atoms. The molecular weight excluding hydrogens is 245 g/mol. The monoisotopic (exact) mass is 267 g/mol. The molecule has 1 N–H and O–H groups in total. The molecule has 0 aliphatic carbocycles. The van der Waals surface area contributed by atoms with Crippen molar-refractivity contribution in [2.45, 2.75) is 26.7 Å². The topological polar surface area (TPSA) is 40.5 Å². The number of carbonyl (C=O) groups is 1. The first-order valence-corrected chi connectivity index (χ1v) is 6.72. The van der Waals surface area contributed by atoms with Crippen molar-refractivity contribution in [1.82, 2.24) is 4.90 Å². The Labute approximate surface area is 114 Å². The molecule has 106 valence electrons. The predicted molar refractivity (Wildman–Crippen MR) is 73.6 cm³/mol. The van der Waals surface area contributed by atoms with Crippen molar-refractivity contribution in [3.8, 4) is 0 Å². The van der Waals surface area contributed by atoms with E-state index in [-0.39, 0.29) is 11.7 Å². The van der Waals surface area contributed by atoms with Crippen LogP contribution in [0.1, 0.15) is 25.8 Å². The molecule has 1 unspecified atom stereocenters. The summed E-state index contributed by atoms with van der Waals surface area (Å²) in [6.45, 7) is 6.06. The average Bonchev–Trinajstić information content (AvgIpc) is 2.37. The van der Waals surface area contributed by atoms with Crippen molar-refractivity contribution in [3.05, 3.63) is 35.6 Å². The van der Waals surface area contributed by atoms with Crippen LogP contribution < -0.4 is 0 Å². The summed E-state index contributed by atoms with van der Waals surface area (Å²) in [6, 6.07) is 6.47. The van der Waals surface area contributed by atoms with Crippen LogP contribution in [0.4, 0.5) is 4.39 Å². The second-order valence-corrected chi connectivity index (χ2v) is 4.92. The fourth-order valence-electron chi connectivity index (χ4n) is 2.01. The first-order valence-electron chi connectivity index (χ1n) is 6.72. The van der Waals surface area contributed by atoms with Crippen molar-refractivity contribution in [2.24, 2.45) is 5.92 Å². The molecule has 1 aromatic rings. The molecular formula is C15H22FNO2. The highest BCUT2D eigenvalue weighted by atomic mass is 19.1. The van der Waals surface area contributed by atoms with E-state index in [1.165, 1.54) is 12.1 Å². The van der Waals surface area contributed by atoms with E-state index in [4.69, 9.17) is 5.11 Å². The van der Waals surface area contributed by atoms with Gasteiger partial charge in [-0.1, -0.05) is 26.0 Å². The molecule has 1 atom stereocenters. The SMILES string of the molecule is CCCN(CCc1ccc(F)cc1)CC(C)C(=O)O. The number of benzene rings is 1. The third-order valence-corrected chi connectivity index (χ3v) is 3.12. The molecule has 0 aromatic heterocycles. The van der Waals surface area contributed by atoms with Gasteiger partial charge in [0.25, 0.3) is 0 Å². The molecule has 0 saturated heterocycles. The summed E-state index contributed by atoms with van der Waals surface area (Å²) in [5.74, 6) is -1.35. The zero-order chi connectivity index (χ0) is 14.3. The molecule has 0 radical (unpaired) electrons. The van der Waals surface area contributed by atoms with Gasteiger partial charge < -0.3 is 10.0 Å². The Balaban J connectivity index is 2.49. The van der Waals surface area contributed by atoms with Gasteiger partial charge in [0.2, 0.25) is 0 Å². The van der Waals surface area contributed by atoms with E-state index < -0.39 is 5.97 Å². The molecule has 1 rings (SSSR count). The second kappa shape index (κ2) is 7.89. The van der Waals surface area contributed by atoms with Gasteiger partial charge in [0.1, 0.15) is 5.82 Å². The van der Waals surface area contributed by atoms with E-state index in [1.54, 1.807) is 19.1 Å². The number of hydrogen-bond donors (Lipinski definition) is 1. The van der Waals surface area contributed by atoms with Crippen molar-refractivity contribution < 1.29 is 14.3 Å². The van der Waals surface area contributed by atoms with Gasteiger partial charge in [-0.05, 0) is 37.1 Å². The van der Waals surface area contributed by atoms with Crippen LogP contribution >= 0.6 is 0 Å². The smallest absolute Gasteiger partial charge is 0.307 e. The molecule has 0 aliphatic heterocycles. The highest BCUT2D eigenvalue weighted by molar-refractivity contribution is 5.69. The minimum Gasteiger partial charge on any atom is -0.481 e. The van der Waals surface area contributed by atoms with E-state index in [2.05, 4.69) is 11.8 Å². The predicted octanol–water partition coefficient (Wildman–Crippen LogP) is 2.80. The van der Waals surface area contributed by atoms with Crippen molar-refractivity contribution in [2.75, 3.05) is 19.6 Å². The Morgan fingerprint density at radius 2 is 1.95 bits per heavy atom. The maximum Gasteiger partial charge on any atom is 0.307 e. The summed E-state index contributed by atoms with van der Waals surface area (Å²) in [5.41, 5.74) is 1.07. The largest absolute Gasteiger partial charge is 0.481 e. The first kappa shape index (κ1) is 15.6.